The predicted molar refractivity (Wildman–Crippen MR) is 127 cm³/mol. The molecule has 4 fully saturated rings. The molecule has 0 bridgehead atoms. The molecule has 0 atom stereocenters. The number of aromatic nitrogens is 1. The number of carbonyl (C=O) groups is 2. The molecule has 0 spiro atoms. The highest BCUT2D eigenvalue weighted by molar-refractivity contribution is 5.77. The number of amides is 3. The van der Waals surface area contributed by atoms with Crippen LogP contribution in [-0.4, -0.2) is 94.5 Å². The van der Waals surface area contributed by atoms with Crippen LogP contribution in [0.15, 0.2) is 12.1 Å². The third-order valence-electron chi connectivity index (χ3n) is 8.33. The molecule has 0 aromatic carbocycles. The largest absolute Gasteiger partial charge is 0.471 e. The standard InChI is InChI=1S/C26H37N5O3/c32-25(15-19-5-6-19)30-12-9-23-20(16-30)7-8-24(27-23)34-22-17-31(18-22)26(33)29-11-2-10-28(13-14-29)21-3-1-4-21/h7-8,19,21-22H,1-6,9-18H2. The van der Waals surface area contributed by atoms with Gasteiger partial charge in [-0.15, -0.1) is 0 Å². The number of hydrogen-bond donors (Lipinski definition) is 0. The number of likely N-dealkylation sites (tertiary alicyclic amines) is 1. The first-order valence-electron chi connectivity index (χ1n) is 13.3. The van der Waals surface area contributed by atoms with Crippen LogP contribution in [0.25, 0.3) is 0 Å². The molecule has 2 aliphatic carbocycles. The molecule has 1 aromatic rings. The smallest absolute Gasteiger partial charge is 0.320 e. The van der Waals surface area contributed by atoms with Gasteiger partial charge in [-0.1, -0.05) is 12.5 Å². The lowest BCUT2D eigenvalue weighted by molar-refractivity contribution is -0.132. The van der Waals surface area contributed by atoms with Crippen molar-refractivity contribution in [2.75, 3.05) is 45.8 Å². The van der Waals surface area contributed by atoms with Crippen molar-refractivity contribution in [1.29, 1.82) is 0 Å². The summed E-state index contributed by atoms with van der Waals surface area (Å²) in [4.78, 5) is 38.6. The van der Waals surface area contributed by atoms with E-state index in [4.69, 9.17) is 9.72 Å². The van der Waals surface area contributed by atoms with Crippen molar-refractivity contribution in [3.63, 3.8) is 0 Å². The lowest BCUT2D eigenvalue weighted by Gasteiger charge is -2.41. The number of nitrogens with zero attached hydrogens (tertiary/aromatic N) is 5. The minimum Gasteiger partial charge on any atom is -0.471 e. The Morgan fingerprint density at radius 2 is 1.76 bits per heavy atom. The quantitative estimate of drug-likeness (QED) is 0.666. The van der Waals surface area contributed by atoms with Crippen LogP contribution in [0.2, 0.25) is 0 Å². The molecule has 184 valence electrons. The minimum absolute atomic E-state index is 0.00756. The van der Waals surface area contributed by atoms with E-state index in [1.807, 2.05) is 20.8 Å². The maximum Gasteiger partial charge on any atom is 0.320 e. The summed E-state index contributed by atoms with van der Waals surface area (Å²) in [6.07, 6.45) is 8.99. The second-order valence-corrected chi connectivity index (χ2v) is 10.9. The second-order valence-electron chi connectivity index (χ2n) is 10.9. The Morgan fingerprint density at radius 1 is 0.912 bits per heavy atom. The van der Waals surface area contributed by atoms with Gasteiger partial charge in [0.25, 0.3) is 0 Å². The van der Waals surface area contributed by atoms with Crippen molar-refractivity contribution in [2.45, 2.75) is 70.1 Å². The van der Waals surface area contributed by atoms with Gasteiger partial charge in [0.1, 0.15) is 6.10 Å². The fourth-order valence-corrected chi connectivity index (χ4v) is 5.66. The van der Waals surface area contributed by atoms with E-state index in [0.717, 1.165) is 62.9 Å². The molecule has 5 aliphatic rings. The van der Waals surface area contributed by atoms with Gasteiger partial charge in [-0.25, -0.2) is 9.78 Å². The van der Waals surface area contributed by atoms with Crippen LogP contribution in [0.5, 0.6) is 5.88 Å². The number of pyridine rings is 1. The van der Waals surface area contributed by atoms with Gasteiger partial charge in [-0.3, -0.25) is 9.69 Å². The molecule has 0 unspecified atom stereocenters. The van der Waals surface area contributed by atoms with E-state index in [9.17, 15) is 9.59 Å². The zero-order valence-corrected chi connectivity index (χ0v) is 20.2. The van der Waals surface area contributed by atoms with E-state index in [0.29, 0.717) is 37.9 Å². The molecule has 1 aromatic heterocycles. The van der Waals surface area contributed by atoms with Gasteiger partial charge >= 0.3 is 6.03 Å². The van der Waals surface area contributed by atoms with E-state index in [2.05, 4.69) is 11.0 Å². The fourth-order valence-electron chi connectivity index (χ4n) is 5.66. The first-order valence-corrected chi connectivity index (χ1v) is 13.3. The van der Waals surface area contributed by atoms with E-state index in [1.165, 1.54) is 32.1 Å². The molecule has 0 N–H and O–H groups in total. The van der Waals surface area contributed by atoms with Crippen LogP contribution in [0, 0.1) is 5.92 Å². The normalized spacial score (nSPS) is 24.2. The summed E-state index contributed by atoms with van der Waals surface area (Å²) >= 11 is 0. The molecule has 3 amide bonds. The number of hydrogen-bond acceptors (Lipinski definition) is 5. The number of fused-ring (bicyclic) bond motifs is 1. The van der Waals surface area contributed by atoms with Crippen molar-refractivity contribution >= 4 is 11.9 Å². The Morgan fingerprint density at radius 3 is 2.53 bits per heavy atom. The lowest BCUT2D eigenvalue weighted by Crippen LogP contribution is -2.60. The average molecular weight is 468 g/mol. The SMILES string of the molecule is O=C(CC1CC1)N1CCc2nc(OC3CN(C(=O)N4CCCN(C5CCC5)CC4)C3)ccc2C1. The Labute approximate surface area is 202 Å². The summed E-state index contributed by atoms with van der Waals surface area (Å²) in [5.74, 6) is 1.55. The van der Waals surface area contributed by atoms with Crippen LogP contribution < -0.4 is 4.74 Å². The summed E-state index contributed by atoms with van der Waals surface area (Å²) < 4.78 is 6.10. The van der Waals surface area contributed by atoms with Crippen molar-refractivity contribution in [3.05, 3.63) is 23.4 Å². The van der Waals surface area contributed by atoms with Gasteiger partial charge in [-0.05, 0) is 43.6 Å². The van der Waals surface area contributed by atoms with Crippen molar-refractivity contribution in [2.24, 2.45) is 5.92 Å². The first kappa shape index (κ1) is 22.1. The van der Waals surface area contributed by atoms with Gasteiger partial charge in [0.15, 0.2) is 0 Å². The Hall–Kier alpha value is -2.35. The molecule has 4 heterocycles. The van der Waals surface area contributed by atoms with E-state index >= 15 is 0 Å². The Kier molecular flexibility index (Phi) is 6.09. The lowest BCUT2D eigenvalue weighted by atomic mass is 9.91. The summed E-state index contributed by atoms with van der Waals surface area (Å²) in [5, 5.41) is 0. The highest BCUT2D eigenvalue weighted by atomic mass is 16.5. The molecule has 6 rings (SSSR count). The second kappa shape index (κ2) is 9.36. The predicted octanol–water partition coefficient (Wildman–Crippen LogP) is 2.51. The number of ether oxygens (including phenoxy) is 1. The van der Waals surface area contributed by atoms with E-state index < -0.39 is 0 Å². The summed E-state index contributed by atoms with van der Waals surface area (Å²) in [7, 11) is 0. The summed E-state index contributed by atoms with van der Waals surface area (Å²) in [5.41, 5.74) is 2.17. The molecule has 3 aliphatic heterocycles. The highest BCUT2D eigenvalue weighted by Gasteiger charge is 2.36. The summed E-state index contributed by atoms with van der Waals surface area (Å²) in [6.45, 7) is 6.49. The fraction of sp³-hybridized carbons (Fsp3) is 0.731. The number of carbonyl (C=O) groups excluding carboxylic acids is 2. The molecule has 0 radical (unpaired) electrons. The third-order valence-corrected chi connectivity index (χ3v) is 8.33. The van der Waals surface area contributed by atoms with Gasteiger partial charge < -0.3 is 19.4 Å². The van der Waals surface area contributed by atoms with Crippen LogP contribution in [0.4, 0.5) is 4.79 Å². The van der Waals surface area contributed by atoms with E-state index in [1.54, 1.807) is 0 Å². The minimum atomic E-state index is 0.00756. The van der Waals surface area contributed by atoms with Crippen LogP contribution >= 0.6 is 0 Å². The van der Waals surface area contributed by atoms with Gasteiger partial charge in [-0.2, -0.15) is 0 Å². The van der Waals surface area contributed by atoms with Gasteiger partial charge in [0.05, 0.1) is 18.8 Å². The average Bonchev–Trinajstić information content (AvgIpc) is 3.61. The molecule has 8 nitrogen and oxygen atoms in total. The molecule has 2 saturated carbocycles. The van der Waals surface area contributed by atoms with Gasteiger partial charge in [0, 0.05) is 64.2 Å². The Bertz CT molecular complexity index is 925. The zero-order chi connectivity index (χ0) is 23.1. The zero-order valence-electron chi connectivity index (χ0n) is 20.2. The molecule has 34 heavy (non-hydrogen) atoms. The highest BCUT2D eigenvalue weighted by Crippen LogP contribution is 2.33. The number of rotatable bonds is 5. The summed E-state index contributed by atoms with van der Waals surface area (Å²) in [6, 6.07) is 4.89. The van der Waals surface area contributed by atoms with Crippen LogP contribution in [-0.2, 0) is 17.8 Å². The van der Waals surface area contributed by atoms with Crippen molar-refractivity contribution in [3.8, 4) is 5.88 Å². The van der Waals surface area contributed by atoms with Gasteiger partial charge in [0.2, 0.25) is 11.8 Å². The topological polar surface area (TPSA) is 69.2 Å². The molecular formula is C26H37N5O3. The maximum atomic E-state index is 13.0. The third kappa shape index (κ3) is 4.74. The Balaban J connectivity index is 0.967. The van der Waals surface area contributed by atoms with Crippen molar-refractivity contribution < 1.29 is 14.3 Å². The maximum absolute atomic E-state index is 13.0. The van der Waals surface area contributed by atoms with Crippen molar-refractivity contribution in [1.82, 2.24) is 24.6 Å². The number of urea groups is 1. The molecule has 8 heteroatoms. The molecular weight excluding hydrogens is 430 g/mol. The van der Waals surface area contributed by atoms with Crippen LogP contribution in [0.1, 0.15) is 56.2 Å². The van der Waals surface area contributed by atoms with E-state index in [-0.39, 0.29) is 18.0 Å². The van der Waals surface area contributed by atoms with Crippen LogP contribution in [0.3, 0.4) is 0 Å². The molecule has 2 saturated heterocycles. The first-order chi connectivity index (χ1) is 16.6. The monoisotopic (exact) mass is 467 g/mol.